The number of thiophene rings is 1. The van der Waals surface area contributed by atoms with E-state index in [-0.39, 0.29) is 5.91 Å². The van der Waals surface area contributed by atoms with Gasteiger partial charge in [0.15, 0.2) is 0 Å². The van der Waals surface area contributed by atoms with Crippen LogP contribution in [0.2, 0.25) is 0 Å². The summed E-state index contributed by atoms with van der Waals surface area (Å²) in [6, 6.07) is 10.3. The van der Waals surface area contributed by atoms with E-state index in [2.05, 4.69) is 28.4 Å². The van der Waals surface area contributed by atoms with Crippen molar-refractivity contribution in [3.63, 3.8) is 0 Å². The van der Waals surface area contributed by atoms with Gasteiger partial charge in [-0.25, -0.2) is 0 Å². The molecule has 0 spiro atoms. The third-order valence-electron chi connectivity index (χ3n) is 4.10. The van der Waals surface area contributed by atoms with Crippen molar-refractivity contribution in [2.45, 2.75) is 32.2 Å². The lowest BCUT2D eigenvalue weighted by Crippen LogP contribution is -2.22. The van der Waals surface area contributed by atoms with Crippen molar-refractivity contribution < 1.29 is 4.79 Å². The number of nitrogens with one attached hydrogen (secondary N) is 1. The Kier molecular flexibility index (Phi) is 4.48. The van der Waals surface area contributed by atoms with Crippen LogP contribution < -0.4 is 10.2 Å². The van der Waals surface area contributed by atoms with Crippen LogP contribution in [-0.2, 0) is 19.4 Å². The van der Waals surface area contributed by atoms with Gasteiger partial charge >= 0.3 is 0 Å². The monoisotopic (exact) mass is 314 g/mol. The Labute approximate surface area is 136 Å². The molecule has 1 aromatic heterocycles. The maximum Gasteiger partial charge on any atom is 0.261 e. The van der Waals surface area contributed by atoms with E-state index in [1.807, 2.05) is 26.2 Å². The van der Waals surface area contributed by atoms with Gasteiger partial charge in [0.25, 0.3) is 5.91 Å². The molecule has 0 aliphatic heterocycles. The number of hydrogen-bond acceptors (Lipinski definition) is 3. The Balaban J connectivity index is 1.65. The van der Waals surface area contributed by atoms with Crippen molar-refractivity contribution in [2.24, 2.45) is 0 Å². The summed E-state index contributed by atoms with van der Waals surface area (Å²) in [6.45, 7) is 0.572. The second-order valence-electron chi connectivity index (χ2n) is 6.01. The van der Waals surface area contributed by atoms with E-state index in [4.69, 9.17) is 0 Å². The third-order valence-corrected chi connectivity index (χ3v) is 5.34. The lowest BCUT2D eigenvalue weighted by Gasteiger charge is -2.13. The fraction of sp³-hybridized carbons (Fsp3) is 0.389. The first-order chi connectivity index (χ1) is 10.6. The first-order valence-electron chi connectivity index (χ1n) is 7.79. The van der Waals surface area contributed by atoms with Crippen molar-refractivity contribution in [3.05, 3.63) is 51.2 Å². The molecule has 1 aromatic carbocycles. The van der Waals surface area contributed by atoms with Crippen molar-refractivity contribution in [2.75, 3.05) is 19.0 Å². The molecular weight excluding hydrogens is 292 g/mol. The van der Waals surface area contributed by atoms with Crippen LogP contribution in [-0.4, -0.2) is 20.0 Å². The molecule has 0 saturated heterocycles. The highest BCUT2D eigenvalue weighted by Gasteiger charge is 2.17. The van der Waals surface area contributed by atoms with E-state index in [0.29, 0.717) is 6.54 Å². The van der Waals surface area contributed by atoms with E-state index in [1.54, 1.807) is 11.3 Å². The zero-order valence-electron chi connectivity index (χ0n) is 13.2. The number of aryl methyl sites for hydroxylation is 2. The molecule has 1 N–H and O–H groups in total. The molecule has 0 atom stereocenters. The Bertz CT molecular complexity index is 652. The van der Waals surface area contributed by atoms with Gasteiger partial charge in [0.1, 0.15) is 0 Å². The smallest absolute Gasteiger partial charge is 0.261 e. The molecule has 0 radical (unpaired) electrons. The quantitative estimate of drug-likeness (QED) is 0.935. The summed E-state index contributed by atoms with van der Waals surface area (Å²) in [6.07, 6.45) is 4.77. The first-order valence-corrected chi connectivity index (χ1v) is 8.61. The maximum absolute atomic E-state index is 12.3. The van der Waals surface area contributed by atoms with Gasteiger partial charge in [0.2, 0.25) is 0 Å². The van der Waals surface area contributed by atoms with E-state index >= 15 is 0 Å². The molecule has 1 amide bonds. The van der Waals surface area contributed by atoms with E-state index in [0.717, 1.165) is 29.0 Å². The predicted molar refractivity (Wildman–Crippen MR) is 92.9 cm³/mol. The lowest BCUT2D eigenvalue weighted by molar-refractivity contribution is 0.0955. The Morgan fingerprint density at radius 3 is 2.82 bits per heavy atom. The van der Waals surface area contributed by atoms with Crippen molar-refractivity contribution in [1.82, 2.24) is 5.32 Å². The molecule has 1 heterocycles. The average molecular weight is 314 g/mol. The molecule has 0 bridgehead atoms. The molecule has 0 saturated carbocycles. The highest BCUT2D eigenvalue weighted by atomic mass is 32.1. The van der Waals surface area contributed by atoms with Crippen molar-refractivity contribution >= 4 is 22.9 Å². The largest absolute Gasteiger partial charge is 0.378 e. The van der Waals surface area contributed by atoms with Crippen LogP contribution in [0, 0.1) is 0 Å². The van der Waals surface area contributed by atoms with Gasteiger partial charge in [-0.3, -0.25) is 4.79 Å². The topological polar surface area (TPSA) is 32.3 Å². The average Bonchev–Trinajstić information content (AvgIpc) is 2.97. The lowest BCUT2D eigenvalue weighted by atomic mass is 9.99. The number of benzene rings is 1. The summed E-state index contributed by atoms with van der Waals surface area (Å²) in [7, 11) is 4.04. The van der Waals surface area contributed by atoms with E-state index in [9.17, 15) is 4.79 Å². The summed E-state index contributed by atoms with van der Waals surface area (Å²) in [4.78, 5) is 16.7. The van der Waals surface area contributed by atoms with Gasteiger partial charge in [-0.15, -0.1) is 11.3 Å². The van der Waals surface area contributed by atoms with Gasteiger partial charge < -0.3 is 10.2 Å². The Morgan fingerprint density at radius 2 is 2.05 bits per heavy atom. The van der Waals surface area contributed by atoms with Crippen LogP contribution in [0.5, 0.6) is 0 Å². The minimum Gasteiger partial charge on any atom is -0.378 e. The van der Waals surface area contributed by atoms with Crippen LogP contribution in [0.1, 0.15) is 38.5 Å². The number of rotatable bonds is 4. The molecule has 22 heavy (non-hydrogen) atoms. The number of anilines is 1. The highest BCUT2D eigenvalue weighted by molar-refractivity contribution is 7.14. The van der Waals surface area contributed by atoms with E-state index < -0.39 is 0 Å². The zero-order chi connectivity index (χ0) is 15.5. The molecule has 0 unspecified atom stereocenters. The summed E-state index contributed by atoms with van der Waals surface area (Å²) in [5.41, 5.74) is 3.66. The Morgan fingerprint density at radius 1 is 1.23 bits per heavy atom. The molecule has 116 valence electrons. The number of amides is 1. The Hall–Kier alpha value is -1.81. The summed E-state index contributed by atoms with van der Waals surface area (Å²) < 4.78 is 0. The number of carbonyl (C=O) groups excluding carboxylic acids is 1. The van der Waals surface area contributed by atoms with Crippen molar-refractivity contribution in [1.29, 1.82) is 0 Å². The van der Waals surface area contributed by atoms with Gasteiger partial charge in [0.05, 0.1) is 4.88 Å². The second-order valence-corrected chi connectivity index (χ2v) is 7.15. The molecule has 0 fully saturated rings. The van der Waals surface area contributed by atoms with Crippen LogP contribution in [0.4, 0.5) is 5.69 Å². The van der Waals surface area contributed by atoms with E-state index in [1.165, 1.54) is 23.3 Å². The standard InChI is InChI=1S/C18H22N2OS/c1-20(2)15-8-5-6-13(10-15)12-19-18(21)17-11-14-7-3-4-9-16(14)22-17/h5-6,8,10-11H,3-4,7,9,12H2,1-2H3,(H,19,21). The zero-order valence-corrected chi connectivity index (χ0v) is 14.0. The SMILES string of the molecule is CN(C)c1cccc(CNC(=O)c2cc3c(s2)CCCC3)c1. The fourth-order valence-electron chi connectivity index (χ4n) is 2.82. The molecule has 3 rings (SSSR count). The van der Waals surface area contributed by atoms with Crippen LogP contribution in [0.25, 0.3) is 0 Å². The maximum atomic E-state index is 12.3. The molecule has 4 heteroatoms. The fourth-order valence-corrected chi connectivity index (χ4v) is 3.99. The van der Waals surface area contributed by atoms with Crippen LogP contribution >= 0.6 is 11.3 Å². The van der Waals surface area contributed by atoms with Crippen LogP contribution in [0.3, 0.4) is 0 Å². The molecule has 1 aliphatic carbocycles. The highest BCUT2D eigenvalue weighted by Crippen LogP contribution is 2.29. The minimum absolute atomic E-state index is 0.0506. The molecular formula is C18H22N2OS. The minimum atomic E-state index is 0.0506. The molecule has 3 nitrogen and oxygen atoms in total. The van der Waals surface area contributed by atoms with Gasteiger partial charge in [-0.2, -0.15) is 0 Å². The second kappa shape index (κ2) is 6.53. The van der Waals surface area contributed by atoms with Crippen LogP contribution in [0.15, 0.2) is 30.3 Å². The summed E-state index contributed by atoms with van der Waals surface area (Å²) in [5.74, 6) is 0.0506. The van der Waals surface area contributed by atoms with Gasteiger partial charge in [-0.1, -0.05) is 12.1 Å². The third kappa shape index (κ3) is 3.33. The normalized spacial score (nSPS) is 13.5. The molecule has 1 aliphatic rings. The number of fused-ring (bicyclic) bond motifs is 1. The van der Waals surface area contributed by atoms with Crippen molar-refractivity contribution in [3.8, 4) is 0 Å². The number of hydrogen-bond donors (Lipinski definition) is 1. The van der Waals surface area contributed by atoms with Gasteiger partial charge in [-0.05, 0) is 55.0 Å². The first kappa shape index (κ1) is 15.1. The predicted octanol–water partition coefficient (Wildman–Crippen LogP) is 3.62. The summed E-state index contributed by atoms with van der Waals surface area (Å²) >= 11 is 1.67. The molecule has 2 aromatic rings. The van der Waals surface area contributed by atoms with Gasteiger partial charge in [0, 0.05) is 31.2 Å². The summed E-state index contributed by atoms with van der Waals surface area (Å²) in [5, 5.41) is 3.04. The number of carbonyl (C=O) groups is 1. The number of nitrogens with zero attached hydrogens (tertiary/aromatic N) is 1.